The summed E-state index contributed by atoms with van der Waals surface area (Å²) in [6.45, 7) is 0. The lowest BCUT2D eigenvalue weighted by atomic mass is 10.1. The Hall–Kier alpha value is -4.59. The van der Waals surface area contributed by atoms with Crippen LogP contribution in [0.1, 0.15) is 16.7 Å². The fraction of sp³-hybridized carbons (Fsp3) is 0.207. The number of anilines is 1. The third kappa shape index (κ3) is 6.76. The van der Waals surface area contributed by atoms with Gasteiger partial charge in [0.25, 0.3) is 0 Å². The van der Waals surface area contributed by atoms with Gasteiger partial charge in [-0.2, -0.15) is 0 Å². The zero-order valence-electron chi connectivity index (χ0n) is 21.8. The van der Waals surface area contributed by atoms with Crippen molar-refractivity contribution >= 4 is 29.8 Å². The maximum Gasteiger partial charge on any atom is 0.248 e. The zero-order chi connectivity index (χ0) is 26.8. The second-order valence-corrected chi connectivity index (χ2v) is 7.69. The summed E-state index contributed by atoms with van der Waals surface area (Å²) in [4.78, 5) is 12.7. The normalized spacial score (nSPS) is 10.9. The van der Waals surface area contributed by atoms with Gasteiger partial charge in [-0.15, -0.1) is 0 Å². The van der Waals surface area contributed by atoms with Crippen molar-refractivity contribution in [3.05, 3.63) is 71.3 Å². The quantitative estimate of drug-likeness (QED) is 0.270. The van der Waals surface area contributed by atoms with Crippen LogP contribution < -0.4 is 33.7 Å². The van der Waals surface area contributed by atoms with Crippen LogP contribution in [0, 0.1) is 0 Å². The smallest absolute Gasteiger partial charge is 0.248 e. The Morgan fingerprint density at radius 2 is 1.08 bits per heavy atom. The molecule has 0 saturated heterocycles. The molecule has 0 heterocycles. The first-order valence-electron chi connectivity index (χ1n) is 11.3. The first-order chi connectivity index (χ1) is 18.0. The molecule has 0 spiro atoms. The lowest BCUT2D eigenvalue weighted by Crippen LogP contribution is -2.09. The maximum atomic E-state index is 12.7. The van der Waals surface area contributed by atoms with Crippen molar-refractivity contribution in [2.45, 2.75) is 0 Å². The molecule has 3 aromatic carbocycles. The Labute approximate surface area is 217 Å². The van der Waals surface area contributed by atoms with E-state index in [2.05, 4.69) is 5.32 Å². The molecule has 0 aromatic heterocycles. The molecule has 1 N–H and O–H groups in total. The second kappa shape index (κ2) is 12.9. The molecule has 0 saturated carbocycles. The van der Waals surface area contributed by atoms with Gasteiger partial charge in [-0.25, -0.2) is 0 Å². The largest absolute Gasteiger partial charge is 0.495 e. The summed E-state index contributed by atoms with van der Waals surface area (Å²) in [6, 6.07) is 14.6. The molecular weight excluding hydrogens is 474 g/mol. The minimum atomic E-state index is -0.307. The summed E-state index contributed by atoms with van der Waals surface area (Å²) in [6.07, 6.45) is 6.96. The van der Waals surface area contributed by atoms with Gasteiger partial charge in [-0.05, 0) is 59.2 Å². The number of carbonyl (C=O) groups is 1. The van der Waals surface area contributed by atoms with Crippen LogP contribution >= 0.6 is 0 Å². The van der Waals surface area contributed by atoms with Gasteiger partial charge in [0, 0.05) is 6.08 Å². The van der Waals surface area contributed by atoms with E-state index < -0.39 is 0 Å². The van der Waals surface area contributed by atoms with E-state index in [1.165, 1.54) is 6.08 Å². The van der Waals surface area contributed by atoms with Crippen molar-refractivity contribution in [3.8, 4) is 34.5 Å². The number of methoxy groups -OCH3 is 6. The van der Waals surface area contributed by atoms with Crippen molar-refractivity contribution in [1.82, 2.24) is 0 Å². The fourth-order valence-electron chi connectivity index (χ4n) is 3.62. The fourth-order valence-corrected chi connectivity index (χ4v) is 3.62. The average Bonchev–Trinajstić information content (AvgIpc) is 2.94. The molecular formula is C29H31NO7. The molecule has 0 unspecified atom stereocenters. The Kier molecular flexibility index (Phi) is 9.43. The Balaban J connectivity index is 1.80. The van der Waals surface area contributed by atoms with E-state index in [9.17, 15) is 4.79 Å². The molecule has 8 heteroatoms. The van der Waals surface area contributed by atoms with Crippen LogP contribution in [0.15, 0.2) is 54.6 Å². The number of rotatable bonds is 11. The monoisotopic (exact) mass is 505 g/mol. The van der Waals surface area contributed by atoms with Crippen LogP contribution in [-0.4, -0.2) is 48.6 Å². The van der Waals surface area contributed by atoms with E-state index in [4.69, 9.17) is 28.4 Å². The zero-order valence-corrected chi connectivity index (χ0v) is 21.8. The molecule has 0 aliphatic carbocycles. The third-order valence-corrected chi connectivity index (χ3v) is 5.47. The third-order valence-electron chi connectivity index (χ3n) is 5.47. The van der Waals surface area contributed by atoms with Crippen LogP contribution in [0.4, 0.5) is 5.69 Å². The van der Waals surface area contributed by atoms with E-state index in [0.717, 1.165) is 16.7 Å². The van der Waals surface area contributed by atoms with E-state index >= 15 is 0 Å². The van der Waals surface area contributed by atoms with Crippen molar-refractivity contribution in [3.63, 3.8) is 0 Å². The number of carbonyl (C=O) groups excluding carboxylic acids is 1. The highest BCUT2D eigenvalue weighted by Crippen LogP contribution is 2.38. The van der Waals surface area contributed by atoms with Crippen LogP contribution in [0.3, 0.4) is 0 Å². The SMILES string of the molecule is COc1ccc(/C=C\c2cc(OC)c(OC)c(OC)c2)cc1NC(=O)/C=C/c1ccc(OC)c(OC)c1. The first kappa shape index (κ1) is 27.0. The van der Waals surface area contributed by atoms with Gasteiger partial charge in [0.15, 0.2) is 23.0 Å². The minimum Gasteiger partial charge on any atom is -0.495 e. The Morgan fingerprint density at radius 3 is 1.65 bits per heavy atom. The summed E-state index contributed by atoms with van der Waals surface area (Å²) in [5, 5.41) is 2.88. The second-order valence-electron chi connectivity index (χ2n) is 7.69. The molecule has 0 atom stereocenters. The van der Waals surface area contributed by atoms with Gasteiger partial charge in [0.2, 0.25) is 11.7 Å². The predicted molar refractivity (Wildman–Crippen MR) is 145 cm³/mol. The molecule has 0 fully saturated rings. The molecule has 3 aromatic rings. The lowest BCUT2D eigenvalue weighted by molar-refractivity contribution is -0.111. The maximum absolute atomic E-state index is 12.7. The standard InChI is InChI=1S/C29H31NO7/c1-32-23-12-9-19(7-8-21-17-26(35-4)29(37-6)27(18-21)36-5)15-22(23)30-28(31)14-11-20-10-13-24(33-2)25(16-20)34-3/h7-18H,1-6H3,(H,30,31)/b8-7-,14-11+. The average molecular weight is 506 g/mol. The molecule has 8 nitrogen and oxygen atoms in total. The molecule has 0 aliphatic heterocycles. The highest BCUT2D eigenvalue weighted by Gasteiger charge is 2.12. The predicted octanol–water partition coefficient (Wildman–Crippen LogP) is 5.56. The molecule has 0 aliphatic rings. The summed E-state index contributed by atoms with van der Waals surface area (Å²) in [5.41, 5.74) is 3.04. The minimum absolute atomic E-state index is 0.307. The van der Waals surface area contributed by atoms with Gasteiger partial charge in [-0.1, -0.05) is 24.3 Å². The molecule has 1 amide bonds. The highest BCUT2D eigenvalue weighted by atomic mass is 16.5. The van der Waals surface area contributed by atoms with Crippen LogP contribution in [0.2, 0.25) is 0 Å². The van der Waals surface area contributed by atoms with Crippen LogP contribution in [-0.2, 0) is 4.79 Å². The van der Waals surface area contributed by atoms with E-state index in [-0.39, 0.29) is 5.91 Å². The molecule has 3 rings (SSSR count). The summed E-state index contributed by atoms with van der Waals surface area (Å²) < 4.78 is 32.2. The van der Waals surface area contributed by atoms with E-state index in [0.29, 0.717) is 40.2 Å². The molecule has 37 heavy (non-hydrogen) atoms. The molecule has 194 valence electrons. The molecule has 0 bridgehead atoms. The van der Waals surface area contributed by atoms with Crippen molar-refractivity contribution < 1.29 is 33.2 Å². The van der Waals surface area contributed by atoms with Gasteiger partial charge in [0.1, 0.15) is 5.75 Å². The highest BCUT2D eigenvalue weighted by molar-refractivity contribution is 6.03. The van der Waals surface area contributed by atoms with Gasteiger partial charge in [-0.3, -0.25) is 4.79 Å². The number of amides is 1. The number of hydrogen-bond acceptors (Lipinski definition) is 7. The first-order valence-corrected chi connectivity index (χ1v) is 11.3. The molecule has 0 radical (unpaired) electrons. The van der Waals surface area contributed by atoms with Crippen molar-refractivity contribution in [1.29, 1.82) is 0 Å². The van der Waals surface area contributed by atoms with E-state index in [1.54, 1.807) is 66.9 Å². The lowest BCUT2D eigenvalue weighted by Gasteiger charge is -2.13. The summed E-state index contributed by atoms with van der Waals surface area (Å²) in [5.74, 6) is 3.08. The number of benzene rings is 3. The number of nitrogens with one attached hydrogen (secondary N) is 1. The van der Waals surface area contributed by atoms with Crippen molar-refractivity contribution in [2.24, 2.45) is 0 Å². The van der Waals surface area contributed by atoms with E-state index in [1.807, 2.05) is 42.5 Å². The van der Waals surface area contributed by atoms with Crippen LogP contribution in [0.5, 0.6) is 34.5 Å². The summed E-state index contributed by atoms with van der Waals surface area (Å²) >= 11 is 0. The Morgan fingerprint density at radius 1 is 0.568 bits per heavy atom. The topological polar surface area (TPSA) is 84.5 Å². The Bertz CT molecular complexity index is 1270. The van der Waals surface area contributed by atoms with Crippen LogP contribution in [0.25, 0.3) is 18.2 Å². The van der Waals surface area contributed by atoms with Crippen molar-refractivity contribution in [2.75, 3.05) is 48.0 Å². The number of hydrogen-bond donors (Lipinski definition) is 1. The number of ether oxygens (including phenoxy) is 6. The summed E-state index contributed by atoms with van der Waals surface area (Å²) in [7, 11) is 9.39. The van der Waals surface area contributed by atoms with Gasteiger partial charge < -0.3 is 33.7 Å². The van der Waals surface area contributed by atoms with Gasteiger partial charge >= 0.3 is 0 Å². The van der Waals surface area contributed by atoms with Gasteiger partial charge in [0.05, 0.1) is 48.3 Å².